The monoisotopic (exact) mass is 499 g/mol. The molecule has 0 saturated heterocycles. The van der Waals surface area contributed by atoms with E-state index in [0.29, 0.717) is 31.4 Å². The van der Waals surface area contributed by atoms with Crippen molar-refractivity contribution in [3.63, 3.8) is 0 Å². The molecule has 0 saturated carbocycles. The van der Waals surface area contributed by atoms with E-state index in [1.54, 1.807) is 14.0 Å². The molecule has 0 spiro atoms. The van der Waals surface area contributed by atoms with Crippen molar-refractivity contribution in [2.75, 3.05) is 45.7 Å². The minimum atomic E-state index is -0.351. The van der Waals surface area contributed by atoms with Gasteiger partial charge in [0.2, 0.25) is 5.91 Å². The first-order valence-corrected chi connectivity index (χ1v) is 12.7. The molecule has 0 aromatic heterocycles. The lowest BCUT2D eigenvalue weighted by molar-refractivity contribution is -0.116. The normalized spacial score (nSPS) is 9.63. The van der Waals surface area contributed by atoms with Crippen LogP contribution in [0.15, 0.2) is 24.3 Å². The minimum absolute atomic E-state index is 0.0223. The number of rotatable bonds is 11. The van der Waals surface area contributed by atoms with Crippen molar-refractivity contribution in [2.24, 2.45) is 11.8 Å². The van der Waals surface area contributed by atoms with E-state index in [1.807, 2.05) is 45.2 Å². The van der Waals surface area contributed by atoms with E-state index in [4.69, 9.17) is 14.9 Å². The summed E-state index contributed by atoms with van der Waals surface area (Å²) in [7, 11) is 3.54. The molecular formula is C27H53N3O5. The fourth-order valence-corrected chi connectivity index (χ4v) is 2.21. The summed E-state index contributed by atoms with van der Waals surface area (Å²) in [6.45, 7) is 16.2. The fraction of sp³-hybridized carbons (Fsp3) is 0.704. The number of hydrogen-bond acceptors (Lipinski definition) is 6. The van der Waals surface area contributed by atoms with Crippen LogP contribution in [-0.2, 0) is 16.1 Å². The van der Waals surface area contributed by atoms with Crippen molar-refractivity contribution >= 4 is 17.7 Å². The second-order valence-corrected chi connectivity index (χ2v) is 8.48. The average Bonchev–Trinajstić information content (AvgIpc) is 2.82. The summed E-state index contributed by atoms with van der Waals surface area (Å²) < 4.78 is 5.24. The Hall–Kier alpha value is -2.16. The quantitative estimate of drug-likeness (QED) is 0.345. The maximum atomic E-state index is 11.8. The zero-order valence-electron chi connectivity index (χ0n) is 23.7. The maximum Gasteiger partial charge on any atom is 0.409 e. The van der Waals surface area contributed by atoms with Crippen molar-refractivity contribution in [2.45, 2.75) is 74.3 Å². The number of carbonyl (C=O) groups excluding carboxylic acids is 2. The number of likely N-dealkylation sites (N-methyl/N-ethyl adjacent to an activating group) is 2. The predicted molar refractivity (Wildman–Crippen MR) is 147 cm³/mol. The average molecular weight is 500 g/mol. The first kappa shape index (κ1) is 37.4. The Labute approximate surface area is 214 Å². The SMILES string of the molecule is CC.CC(C)CCO.CCO.CNCCN(C)C(=O)OCc1ccc(NC(=O)CCC(C)C)cc1. The Morgan fingerprint density at radius 1 is 1.00 bits per heavy atom. The second kappa shape index (κ2) is 26.4. The summed E-state index contributed by atoms with van der Waals surface area (Å²) in [5.41, 5.74) is 1.63. The molecule has 8 heteroatoms. The standard InChI is InChI=1S/C18H29N3O3.C5H12O.C2H6O.C2H6/c1-14(2)5-10-17(22)20-16-8-6-15(7-9-16)13-24-18(23)21(4)12-11-19-3;1-5(2)3-4-6;1-2-3;1-2/h6-9,14,19H,5,10-13H2,1-4H3,(H,20,22);5-6H,3-4H2,1-2H3;3H,2H2,1H3;1-2H3. The summed E-state index contributed by atoms with van der Waals surface area (Å²) in [5.74, 6) is 1.18. The Kier molecular flexibility index (Phi) is 28.3. The van der Waals surface area contributed by atoms with Crippen LogP contribution in [0.2, 0.25) is 0 Å². The Morgan fingerprint density at radius 3 is 1.91 bits per heavy atom. The van der Waals surface area contributed by atoms with Gasteiger partial charge in [-0.1, -0.05) is 53.7 Å². The maximum absolute atomic E-state index is 11.8. The molecule has 0 heterocycles. The number of nitrogens with zero attached hydrogens (tertiary/aromatic N) is 1. The van der Waals surface area contributed by atoms with Crippen molar-refractivity contribution in [3.8, 4) is 0 Å². The van der Waals surface area contributed by atoms with Crippen LogP contribution in [0.4, 0.5) is 10.5 Å². The van der Waals surface area contributed by atoms with Gasteiger partial charge in [-0.15, -0.1) is 0 Å². The molecule has 0 aliphatic carbocycles. The van der Waals surface area contributed by atoms with Gasteiger partial charge < -0.3 is 30.5 Å². The molecule has 4 N–H and O–H groups in total. The highest BCUT2D eigenvalue weighted by Crippen LogP contribution is 2.12. The van der Waals surface area contributed by atoms with E-state index in [1.165, 1.54) is 4.90 Å². The first-order valence-electron chi connectivity index (χ1n) is 12.7. The zero-order chi connectivity index (χ0) is 27.6. The van der Waals surface area contributed by atoms with Gasteiger partial charge in [-0.25, -0.2) is 4.79 Å². The van der Waals surface area contributed by atoms with Gasteiger partial charge in [0.05, 0.1) is 0 Å². The lowest BCUT2D eigenvalue weighted by Gasteiger charge is -2.16. The van der Waals surface area contributed by atoms with Gasteiger partial charge >= 0.3 is 6.09 Å². The van der Waals surface area contributed by atoms with E-state index in [9.17, 15) is 9.59 Å². The summed E-state index contributed by atoms with van der Waals surface area (Å²) >= 11 is 0. The highest BCUT2D eigenvalue weighted by Gasteiger charge is 2.09. The van der Waals surface area contributed by atoms with E-state index >= 15 is 0 Å². The van der Waals surface area contributed by atoms with E-state index in [0.717, 1.165) is 30.6 Å². The molecule has 0 aliphatic rings. The molecule has 0 fully saturated rings. The number of aliphatic hydroxyl groups is 2. The molecule has 1 aromatic carbocycles. The zero-order valence-corrected chi connectivity index (χ0v) is 23.7. The Morgan fingerprint density at radius 2 is 1.51 bits per heavy atom. The van der Waals surface area contributed by atoms with Gasteiger partial charge in [0, 0.05) is 45.5 Å². The third-order valence-corrected chi connectivity index (χ3v) is 4.26. The number of carbonyl (C=O) groups is 2. The number of aliphatic hydroxyl groups excluding tert-OH is 2. The molecule has 0 bridgehead atoms. The fourth-order valence-electron chi connectivity index (χ4n) is 2.21. The van der Waals surface area contributed by atoms with Crippen LogP contribution in [-0.4, -0.2) is 67.5 Å². The molecular weight excluding hydrogens is 446 g/mol. The molecule has 35 heavy (non-hydrogen) atoms. The number of hydrogen-bond donors (Lipinski definition) is 4. The predicted octanol–water partition coefficient (Wildman–Crippen LogP) is 4.90. The number of benzene rings is 1. The molecule has 0 atom stereocenters. The van der Waals surface area contributed by atoms with Crippen LogP contribution in [0, 0.1) is 11.8 Å². The van der Waals surface area contributed by atoms with Gasteiger partial charge in [-0.2, -0.15) is 0 Å². The molecule has 1 aromatic rings. The third kappa shape index (κ3) is 26.3. The molecule has 0 radical (unpaired) electrons. The largest absolute Gasteiger partial charge is 0.445 e. The highest BCUT2D eigenvalue weighted by atomic mass is 16.6. The molecule has 8 nitrogen and oxygen atoms in total. The van der Waals surface area contributed by atoms with Crippen molar-refractivity contribution in [3.05, 3.63) is 29.8 Å². The third-order valence-electron chi connectivity index (χ3n) is 4.26. The topological polar surface area (TPSA) is 111 Å². The van der Waals surface area contributed by atoms with Gasteiger partial charge in [0.25, 0.3) is 0 Å². The van der Waals surface area contributed by atoms with Crippen LogP contribution in [0.3, 0.4) is 0 Å². The molecule has 206 valence electrons. The Bertz CT molecular complexity index is 607. The van der Waals surface area contributed by atoms with E-state index in [2.05, 4.69) is 38.3 Å². The molecule has 2 amide bonds. The van der Waals surface area contributed by atoms with Crippen LogP contribution >= 0.6 is 0 Å². The Balaban J connectivity index is -0.000000783. The number of ether oxygens (including phenoxy) is 1. The first-order chi connectivity index (χ1) is 16.6. The highest BCUT2D eigenvalue weighted by molar-refractivity contribution is 5.90. The molecule has 0 aliphatic heterocycles. The van der Waals surface area contributed by atoms with Gasteiger partial charge in [-0.05, 0) is 56.3 Å². The number of nitrogens with one attached hydrogen (secondary N) is 2. The van der Waals surface area contributed by atoms with Crippen molar-refractivity contribution < 1.29 is 24.5 Å². The lowest BCUT2D eigenvalue weighted by Crippen LogP contribution is -2.33. The van der Waals surface area contributed by atoms with Crippen LogP contribution in [0.5, 0.6) is 0 Å². The molecule has 1 rings (SSSR count). The smallest absolute Gasteiger partial charge is 0.409 e. The molecule has 0 unspecified atom stereocenters. The second-order valence-electron chi connectivity index (χ2n) is 8.48. The van der Waals surface area contributed by atoms with Crippen LogP contribution < -0.4 is 10.6 Å². The van der Waals surface area contributed by atoms with Crippen molar-refractivity contribution in [1.82, 2.24) is 10.2 Å². The van der Waals surface area contributed by atoms with E-state index in [-0.39, 0.29) is 25.2 Å². The van der Waals surface area contributed by atoms with Crippen LogP contribution in [0.25, 0.3) is 0 Å². The lowest BCUT2D eigenvalue weighted by atomic mass is 10.1. The van der Waals surface area contributed by atoms with Gasteiger partial charge in [-0.3, -0.25) is 4.79 Å². The summed E-state index contributed by atoms with van der Waals surface area (Å²) in [6.07, 6.45) is 1.98. The summed E-state index contributed by atoms with van der Waals surface area (Å²) in [5, 5.41) is 21.7. The van der Waals surface area contributed by atoms with E-state index < -0.39 is 0 Å². The van der Waals surface area contributed by atoms with Gasteiger partial charge in [0.1, 0.15) is 6.61 Å². The summed E-state index contributed by atoms with van der Waals surface area (Å²) in [6, 6.07) is 7.33. The minimum Gasteiger partial charge on any atom is -0.445 e. The number of anilines is 1. The van der Waals surface area contributed by atoms with Crippen molar-refractivity contribution in [1.29, 1.82) is 0 Å². The number of amides is 2. The van der Waals surface area contributed by atoms with Gasteiger partial charge in [0.15, 0.2) is 0 Å². The van der Waals surface area contributed by atoms with Crippen LogP contribution in [0.1, 0.15) is 73.3 Å². The summed E-state index contributed by atoms with van der Waals surface area (Å²) in [4.78, 5) is 25.1.